The van der Waals surface area contributed by atoms with Gasteiger partial charge in [0.15, 0.2) is 0 Å². The van der Waals surface area contributed by atoms with E-state index in [9.17, 15) is 9.90 Å². The number of thioether (sulfide) groups is 1. The van der Waals surface area contributed by atoms with E-state index in [1.807, 2.05) is 61.7 Å². The molecular formula is C19H17NO2S. The van der Waals surface area contributed by atoms with Gasteiger partial charge in [0.2, 0.25) is 0 Å². The summed E-state index contributed by atoms with van der Waals surface area (Å²) in [4.78, 5) is 13.6. The first-order chi connectivity index (χ1) is 11.1. The Labute approximate surface area is 139 Å². The normalized spacial score (nSPS) is 10.7. The van der Waals surface area contributed by atoms with E-state index in [0.29, 0.717) is 5.39 Å². The molecule has 0 aliphatic rings. The van der Waals surface area contributed by atoms with E-state index in [2.05, 4.69) is 5.32 Å². The number of carbonyl (C=O) groups excluding carboxylic acids is 1. The van der Waals surface area contributed by atoms with Gasteiger partial charge in [0.25, 0.3) is 5.91 Å². The summed E-state index contributed by atoms with van der Waals surface area (Å²) in [5.74, 6) is -0.290. The van der Waals surface area contributed by atoms with Crippen molar-refractivity contribution in [3.05, 3.63) is 65.7 Å². The van der Waals surface area contributed by atoms with Gasteiger partial charge in [-0.3, -0.25) is 4.79 Å². The lowest BCUT2D eigenvalue weighted by Crippen LogP contribution is -2.13. The van der Waals surface area contributed by atoms with Gasteiger partial charge in [0, 0.05) is 16.0 Å². The third kappa shape index (κ3) is 2.90. The van der Waals surface area contributed by atoms with Crippen LogP contribution in [0.2, 0.25) is 0 Å². The maximum atomic E-state index is 12.6. The molecule has 0 spiro atoms. The molecule has 0 aliphatic heterocycles. The number of anilines is 1. The van der Waals surface area contributed by atoms with Gasteiger partial charge in [-0.25, -0.2) is 0 Å². The van der Waals surface area contributed by atoms with Crippen LogP contribution in [0.3, 0.4) is 0 Å². The molecule has 4 heteroatoms. The third-order valence-corrected chi connectivity index (χ3v) is 4.61. The van der Waals surface area contributed by atoms with E-state index in [1.165, 1.54) is 0 Å². The summed E-state index contributed by atoms with van der Waals surface area (Å²) in [5, 5.41) is 15.0. The Hall–Kier alpha value is -2.46. The summed E-state index contributed by atoms with van der Waals surface area (Å²) in [6.45, 7) is 1.93. The number of hydrogen-bond acceptors (Lipinski definition) is 3. The maximum absolute atomic E-state index is 12.6. The molecular weight excluding hydrogens is 306 g/mol. The van der Waals surface area contributed by atoms with Crippen LogP contribution in [0.5, 0.6) is 5.75 Å². The number of rotatable bonds is 3. The van der Waals surface area contributed by atoms with E-state index in [-0.39, 0.29) is 17.2 Å². The lowest BCUT2D eigenvalue weighted by Gasteiger charge is -2.13. The molecule has 0 radical (unpaired) electrons. The highest BCUT2D eigenvalue weighted by Gasteiger charge is 2.17. The topological polar surface area (TPSA) is 49.3 Å². The van der Waals surface area contributed by atoms with Crippen molar-refractivity contribution in [2.45, 2.75) is 11.8 Å². The number of carbonyl (C=O) groups is 1. The number of para-hydroxylation sites is 1. The summed E-state index contributed by atoms with van der Waals surface area (Å²) in [6.07, 6.45) is 1.96. The molecule has 0 atom stereocenters. The lowest BCUT2D eigenvalue weighted by atomic mass is 10.0. The van der Waals surface area contributed by atoms with Crippen LogP contribution in [-0.4, -0.2) is 17.3 Å². The van der Waals surface area contributed by atoms with Gasteiger partial charge < -0.3 is 10.4 Å². The number of benzene rings is 3. The minimum Gasteiger partial charge on any atom is -0.506 e. The zero-order chi connectivity index (χ0) is 16.4. The van der Waals surface area contributed by atoms with E-state index in [0.717, 1.165) is 21.5 Å². The molecule has 0 aromatic heterocycles. The van der Waals surface area contributed by atoms with E-state index >= 15 is 0 Å². The zero-order valence-corrected chi connectivity index (χ0v) is 13.8. The Balaban J connectivity index is 2.07. The molecule has 3 rings (SSSR count). The Morgan fingerprint density at radius 1 is 1.04 bits per heavy atom. The van der Waals surface area contributed by atoms with Crippen molar-refractivity contribution >= 4 is 34.1 Å². The smallest absolute Gasteiger partial charge is 0.259 e. The van der Waals surface area contributed by atoms with Crippen LogP contribution < -0.4 is 5.32 Å². The van der Waals surface area contributed by atoms with Crippen LogP contribution in [-0.2, 0) is 0 Å². The number of amides is 1. The minimum atomic E-state index is -0.308. The molecule has 1 amide bonds. The Morgan fingerprint density at radius 2 is 1.70 bits per heavy atom. The van der Waals surface area contributed by atoms with Crippen molar-refractivity contribution in [3.8, 4) is 5.75 Å². The number of phenolic OH excluding ortho intramolecular Hbond substituents is 1. The molecule has 3 aromatic rings. The molecule has 0 saturated carbocycles. The van der Waals surface area contributed by atoms with Crippen molar-refractivity contribution in [2.75, 3.05) is 11.6 Å². The highest BCUT2D eigenvalue weighted by Crippen LogP contribution is 2.36. The molecule has 0 fully saturated rings. The van der Waals surface area contributed by atoms with E-state index in [1.54, 1.807) is 17.8 Å². The van der Waals surface area contributed by atoms with Crippen LogP contribution >= 0.6 is 11.8 Å². The number of phenols is 1. The minimum absolute atomic E-state index is 0.0180. The maximum Gasteiger partial charge on any atom is 0.259 e. The molecule has 3 aromatic carbocycles. The fourth-order valence-corrected chi connectivity index (χ4v) is 3.21. The first-order valence-electron chi connectivity index (χ1n) is 7.27. The lowest BCUT2D eigenvalue weighted by molar-refractivity contribution is 0.102. The largest absolute Gasteiger partial charge is 0.506 e. The van der Waals surface area contributed by atoms with Crippen molar-refractivity contribution in [1.29, 1.82) is 0 Å². The summed E-state index contributed by atoms with van der Waals surface area (Å²) in [6, 6.07) is 16.9. The second kappa shape index (κ2) is 6.34. The number of nitrogens with one attached hydrogen (secondary N) is 1. The fraction of sp³-hybridized carbons (Fsp3) is 0.105. The van der Waals surface area contributed by atoms with E-state index in [4.69, 9.17) is 0 Å². The molecule has 0 bridgehead atoms. The molecule has 0 heterocycles. The molecule has 0 unspecified atom stereocenters. The molecule has 23 heavy (non-hydrogen) atoms. The number of hydrogen-bond donors (Lipinski definition) is 2. The van der Waals surface area contributed by atoms with Crippen molar-refractivity contribution in [3.63, 3.8) is 0 Å². The number of fused-ring (bicyclic) bond motifs is 1. The van der Waals surface area contributed by atoms with Crippen LogP contribution in [0.4, 0.5) is 5.69 Å². The molecule has 3 nitrogen and oxygen atoms in total. The first-order valence-corrected chi connectivity index (χ1v) is 8.50. The van der Waals surface area contributed by atoms with Gasteiger partial charge in [-0.2, -0.15) is 0 Å². The quantitative estimate of drug-likeness (QED) is 0.679. The Bertz CT molecular complexity index is 890. The molecule has 2 N–H and O–H groups in total. The van der Waals surface area contributed by atoms with Crippen LogP contribution in [0, 0.1) is 6.92 Å². The van der Waals surface area contributed by atoms with E-state index < -0.39 is 0 Å². The van der Waals surface area contributed by atoms with Crippen molar-refractivity contribution in [2.24, 2.45) is 0 Å². The third-order valence-electron chi connectivity index (χ3n) is 3.84. The average Bonchev–Trinajstić information content (AvgIpc) is 2.57. The SMILES string of the molecule is CSc1cc(C(=O)Nc2ccccc2C)c(O)c2ccccc12. The summed E-state index contributed by atoms with van der Waals surface area (Å²) < 4.78 is 0. The fourth-order valence-electron chi connectivity index (χ4n) is 2.57. The zero-order valence-electron chi connectivity index (χ0n) is 13.0. The van der Waals surface area contributed by atoms with Gasteiger partial charge in [0.05, 0.1) is 5.56 Å². The van der Waals surface area contributed by atoms with Gasteiger partial charge in [-0.15, -0.1) is 11.8 Å². The summed E-state index contributed by atoms with van der Waals surface area (Å²) in [7, 11) is 0. The highest BCUT2D eigenvalue weighted by atomic mass is 32.2. The first kappa shape index (κ1) is 15.4. The van der Waals surface area contributed by atoms with Crippen molar-refractivity contribution in [1.82, 2.24) is 0 Å². The summed E-state index contributed by atoms with van der Waals surface area (Å²) >= 11 is 1.56. The second-order valence-corrected chi connectivity index (χ2v) is 6.14. The van der Waals surface area contributed by atoms with Gasteiger partial charge in [-0.05, 0) is 36.3 Å². The predicted molar refractivity (Wildman–Crippen MR) is 96.5 cm³/mol. The standard InChI is InChI=1S/C19H17NO2S/c1-12-7-3-6-10-16(12)20-19(22)15-11-17(23-2)13-8-4-5-9-14(13)18(15)21/h3-11,21H,1-2H3,(H,20,22). The van der Waals surface area contributed by atoms with Gasteiger partial charge >= 0.3 is 0 Å². The Kier molecular flexibility index (Phi) is 4.26. The monoisotopic (exact) mass is 323 g/mol. The number of aryl methyl sites for hydroxylation is 1. The summed E-state index contributed by atoms with van der Waals surface area (Å²) in [5.41, 5.74) is 2.01. The predicted octanol–water partition coefficient (Wildman–Crippen LogP) is 4.83. The second-order valence-electron chi connectivity index (χ2n) is 5.29. The van der Waals surface area contributed by atoms with Crippen molar-refractivity contribution < 1.29 is 9.90 Å². The van der Waals surface area contributed by atoms with Gasteiger partial charge in [0.1, 0.15) is 5.75 Å². The van der Waals surface area contributed by atoms with Gasteiger partial charge in [-0.1, -0.05) is 42.5 Å². The Morgan fingerprint density at radius 3 is 2.39 bits per heavy atom. The molecule has 0 aliphatic carbocycles. The number of aromatic hydroxyl groups is 1. The average molecular weight is 323 g/mol. The van der Waals surface area contributed by atoms with Crippen LogP contribution in [0.25, 0.3) is 10.8 Å². The van der Waals surface area contributed by atoms with Crippen LogP contribution in [0.1, 0.15) is 15.9 Å². The molecule has 116 valence electrons. The van der Waals surface area contributed by atoms with Crippen LogP contribution in [0.15, 0.2) is 59.5 Å². The molecule has 0 saturated heterocycles. The highest BCUT2D eigenvalue weighted by molar-refractivity contribution is 7.98.